The lowest BCUT2D eigenvalue weighted by molar-refractivity contribution is 1.16. The van der Waals surface area contributed by atoms with Crippen molar-refractivity contribution in [1.29, 1.82) is 5.26 Å². The van der Waals surface area contributed by atoms with Gasteiger partial charge in [0.25, 0.3) is 0 Å². The van der Waals surface area contributed by atoms with Crippen molar-refractivity contribution in [3.63, 3.8) is 0 Å². The van der Waals surface area contributed by atoms with Crippen LogP contribution in [0.3, 0.4) is 0 Å². The fraction of sp³-hybridized carbons (Fsp3) is 0.117. The molecule has 13 aromatic rings. The molecule has 0 bridgehead atoms. The molecule has 4 heteroatoms. The molecular formula is C77H60N4. The number of rotatable bonds is 8. The first-order valence-electron chi connectivity index (χ1n) is 27.9. The van der Waals surface area contributed by atoms with E-state index >= 15 is 0 Å². The van der Waals surface area contributed by atoms with Crippen molar-refractivity contribution >= 4 is 49.3 Å². The first-order valence-corrected chi connectivity index (χ1v) is 27.9. The molecule has 0 aliphatic carbocycles. The second-order valence-corrected chi connectivity index (χ2v) is 22.6. The molecule has 2 heterocycles. The first-order chi connectivity index (χ1) is 39.2. The highest BCUT2D eigenvalue weighted by molar-refractivity contribution is 6.14. The molecule has 0 amide bonds. The van der Waals surface area contributed by atoms with Crippen LogP contribution in [0.4, 0.5) is 5.69 Å². The third-order valence-electron chi connectivity index (χ3n) is 16.8. The van der Waals surface area contributed by atoms with E-state index in [1.54, 1.807) is 0 Å². The fourth-order valence-corrected chi connectivity index (χ4v) is 13.0. The Bertz CT molecular complexity index is 4670. The monoisotopic (exact) mass is 1040 g/mol. The Hall–Kier alpha value is -10.0. The van der Waals surface area contributed by atoms with E-state index in [1.807, 2.05) is 18.2 Å². The van der Waals surface area contributed by atoms with Crippen LogP contribution < -0.4 is 0 Å². The predicted molar refractivity (Wildman–Crippen MR) is 341 cm³/mol. The summed E-state index contributed by atoms with van der Waals surface area (Å²) < 4.78 is 4.87. The third kappa shape index (κ3) is 8.69. The van der Waals surface area contributed by atoms with E-state index in [1.165, 1.54) is 77.9 Å². The summed E-state index contributed by atoms with van der Waals surface area (Å²) in [5, 5.41) is 14.6. The third-order valence-corrected chi connectivity index (χ3v) is 16.8. The molecule has 0 saturated carbocycles. The molecule has 4 nitrogen and oxygen atoms in total. The quantitative estimate of drug-likeness (QED) is 0.140. The number of nitrogens with zero attached hydrogens (tertiary/aromatic N) is 4. The zero-order valence-corrected chi connectivity index (χ0v) is 47.3. The van der Waals surface area contributed by atoms with Gasteiger partial charge in [0.05, 0.1) is 51.6 Å². The van der Waals surface area contributed by atoms with Crippen molar-refractivity contribution in [2.45, 2.75) is 62.3 Å². The van der Waals surface area contributed by atoms with Gasteiger partial charge in [0.15, 0.2) is 5.69 Å². The predicted octanol–water partition coefficient (Wildman–Crippen LogP) is 21.1. The molecule has 2 aromatic heterocycles. The van der Waals surface area contributed by atoms with E-state index in [-0.39, 0.29) is 0 Å². The minimum Gasteiger partial charge on any atom is -0.309 e. The average Bonchev–Trinajstić information content (AvgIpc) is 4.16. The smallest absolute Gasteiger partial charge is 0.188 e. The van der Waals surface area contributed by atoms with Crippen molar-refractivity contribution in [3.8, 4) is 84.2 Å². The largest absolute Gasteiger partial charge is 0.309 e. The Morgan fingerprint density at radius 1 is 0.309 bits per heavy atom. The Balaban J connectivity index is 1.12. The fourth-order valence-electron chi connectivity index (χ4n) is 13.0. The van der Waals surface area contributed by atoms with Gasteiger partial charge in [0.1, 0.15) is 0 Å². The van der Waals surface area contributed by atoms with Crippen LogP contribution in [0.15, 0.2) is 200 Å². The number of aromatic nitrogens is 2. The van der Waals surface area contributed by atoms with Gasteiger partial charge in [-0.1, -0.05) is 144 Å². The molecule has 0 radical (unpaired) electrons. The molecule has 0 aliphatic rings. The molecular weight excluding hydrogens is 981 g/mol. The summed E-state index contributed by atoms with van der Waals surface area (Å²) in [6.07, 6.45) is 0. The maximum Gasteiger partial charge on any atom is 0.188 e. The first kappa shape index (κ1) is 50.5. The van der Waals surface area contributed by atoms with Gasteiger partial charge in [-0.25, -0.2) is 4.85 Å². The van der Waals surface area contributed by atoms with Gasteiger partial charge in [0.2, 0.25) is 0 Å². The summed E-state index contributed by atoms with van der Waals surface area (Å²) in [6.45, 7) is 28.0. The molecule has 0 aliphatic heterocycles. The summed E-state index contributed by atoms with van der Waals surface area (Å²) in [7, 11) is 0. The highest BCUT2D eigenvalue weighted by Gasteiger charge is 2.24. The molecule has 0 fully saturated rings. The SMILES string of the molecule is [C-]#[N+]c1ccc(-n2c3ccc(-c4ccc(C)cc4C)cc3c3cc(-c4ccc(C)cc4C)ccc32)c(-c2ccc(-c3ccc(C#N)cc3C)cc2-n2c3ccc(-c4ccc(C)cc4C)cc3c3cc(-c4ccc(C)cc4C)ccc32)c1. The van der Waals surface area contributed by atoms with Gasteiger partial charge in [-0.15, -0.1) is 0 Å². The Labute approximate surface area is 474 Å². The van der Waals surface area contributed by atoms with E-state index in [9.17, 15) is 5.26 Å². The van der Waals surface area contributed by atoms with E-state index < -0.39 is 0 Å². The van der Waals surface area contributed by atoms with Crippen LogP contribution in [0.2, 0.25) is 0 Å². The Morgan fingerprint density at radius 3 is 1.00 bits per heavy atom. The molecule has 11 aromatic carbocycles. The summed E-state index contributed by atoms with van der Waals surface area (Å²) in [4.78, 5) is 4.12. The van der Waals surface area contributed by atoms with Crippen LogP contribution >= 0.6 is 0 Å². The van der Waals surface area contributed by atoms with E-state index in [2.05, 4.69) is 264 Å². The van der Waals surface area contributed by atoms with Crippen LogP contribution in [-0.2, 0) is 0 Å². The lowest BCUT2D eigenvalue weighted by Gasteiger charge is -2.21. The van der Waals surface area contributed by atoms with Crippen molar-refractivity contribution in [1.82, 2.24) is 9.13 Å². The molecule has 0 spiro atoms. The topological polar surface area (TPSA) is 38.0 Å². The number of hydrogen-bond acceptors (Lipinski definition) is 1. The maximum absolute atomic E-state index is 9.97. The minimum atomic E-state index is 0.556. The van der Waals surface area contributed by atoms with E-state index in [0.717, 1.165) is 93.9 Å². The maximum atomic E-state index is 9.97. The van der Waals surface area contributed by atoms with Crippen LogP contribution in [0, 0.1) is 80.2 Å². The standard InChI is InChI=1S/C77H60N4/c1-45-11-22-61(49(5)33-45)55-17-28-72-67(38-55)68-39-56(62-23-12-46(2)34-50(62)6)18-29-73(68)80(72)76-32-21-60(79-10)43-71(76)66-27-16-59(65-26-15-54(44-78)37-53(65)9)42-77(66)81-74-30-19-57(63-24-13-47(3)35-51(63)7)40-69(74)70-41-58(20-31-75(70)81)64-25-14-48(4)36-52(64)8/h11-43H,1-9H3. The summed E-state index contributed by atoms with van der Waals surface area (Å²) >= 11 is 0. The summed E-state index contributed by atoms with van der Waals surface area (Å²) in [5.74, 6) is 0. The van der Waals surface area contributed by atoms with Gasteiger partial charge >= 0.3 is 0 Å². The van der Waals surface area contributed by atoms with Crippen LogP contribution in [0.25, 0.3) is 127 Å². The van der Waals surface area contributed by atoms with E-state index in [4.69, 9.17) is 6.57 Å². The average molecular weight is 1040 g/mol. The second-order valence-electron chi connectivity index (χ2n) is 22.6. The number of benzene rings is 11. The lowest BCUT2D eigenvalue weighted by atomic mass is 9.93. The van der Waals surface area contributed by atoms with Crippen LogP contribution in [0.1, 0.15) is 55.6 Å². The van der Waals surface area contributed by atoms with Crippen molar-refractivity contribution in [2.24, 2.45) is 0 Å². The summed E-state index contributed by atoms with van der Waals surface area (Å²) in [5.41, 5.74) is 31.9. The zero-order chi connectivity index (χ0) is 56.0. The highest BCUT2D eigenvalue weighted by atomic mass is 15.0. The molecule has 81 heavy (non-hydrogen) atoms. The van der Waals surface area contributed by atoms with Crippen molar-refractivity contribution < 1.29 is 0 Å². The number of hydrogen-bond donors (Lipinski definition) is 0. The highest BCUT2D eigenvalue weighted by Crippen LogP contribution is 2.46. The van der Waals surface area contributed by atoms with Crippen LogP contribution in [0.5, 0.6) is 0 Å². The molecule has 13 rings (SSSR count). The minimum absolute atomic E-state index is 0.556. The zero-order valence-electron chi connectivity index (χ0n) is 47.3. The Kier molecular flexibility index (Phi) is 12.3. The van der Waals surface area contributed by atoms with E-state index in [0.29, 0.717) is 11.3 Å². The molecule has 0 saturated heterocycles. The van der Waals surface area contributed by atoms with Gasteiger partial charge in [0, 0.05) is 27.1 Å². The molecule has 0 N–H and O–H groups in total. The normalized spacial score (nSPS) is 11.5. The van der Waals surface area contributed by atoms with Gasteiger partial charge in [-0.2, -0.15) is 5.26 Å². The molecule has 0 atom stereocenters. The Morgan fingerprint density at radius 2 is 0.642 bits per heavy atom. The van der Waals surface area contributed by atoms with Crippen molar-refractivity contribution in [2.75, 3.05) is 0 Å². The number of fused-ring (bicyclic) bond motifs is 6. The van der Waals surface area contributed by atoms with Gasteiger partial charge in [-0.3, -0.25) is 0 Å². The van der Waals surface area contributed by atoms with Crippen molar-refractivity contribution in [3.05, 3.63) is 267 Å². The number of nitriles is 1. The van der Waals surface area contributed by atoms with Crippen LogP contribution in [-0.4, -0.2) is 9.13 Å². The molecule has 0 unspecified atom stereocenters. The molecule has 388 valence electrons. The number of aryl methyl sites for hydroxylation is 9. The second kappa shape index (κ2) is 19.7. The van der Waals surface area contributed by atoms with Gasteiger partial charge < -0.3 is 9.13 Å². The summed E-state index contributed by atoms with van der Waals surface area (Å²) in [6, 6.07) is 76.0. The van der Waals surface area contributed by atoms with Gasteiger partial charge in [-0.05, 0) is 230 Å². The lowest BCUT2D eigenvalue weighted by Crippen LogP contribution is -2.02.